The Labute approximate surface area is 138 Å². The molecule has 0 amide bonds. The third-order valence-electron chi connectivity index (χ3n) is 3.68. The molecule has 0 bridgehead atoms. The normalized spacial score (nSPS) is 28.3. The average Bonchev–Trinajstić information content (AvgIpc) is 2.54. The van der Waals surface area contributed by atoms with E-state index in [0.29, 0.717) is 17.1 Å². The second kappa shape index (κ2) is 6.39. The zero-order valence-electron chi connectivity index (χ0n) is 11.6. The van der Waals surface area contributed by atoms with E-state index in [0.717, 1.165) is 10.8 Å². The van der Waals surface area contributed by atoms with Crippen molar-refractivity contribution in [2.24, 2.45) is 0 Å². The fraction of sp³-hybridized carbons (Fsp3) is 0.312. The first-order valence-corrected chi connectivity index (χ1v) is 8.42. The lowest BCUT2D eigenvalue weighted by Crippen LogP contribution is -2.50. The Balaban J connectivity index is 1.95. The van der Waals surface area contributed by atoms with Gasteiger partial charge < -0.3 is 14.9 Å². The largest absolute Gasteiger partial charge is 0.485 e. The summed E-state index contributed by atoms with van der Waals surface area (Å²) in [5, 5.41) is 30.7. The number of thioether (sulfide) groups is 1. The highest BCUT2D eigenvalue weighted by atomic mass is 32.2. The number of ether oxygens (including phenoxy) is 1. The number of hydrogen-bond acceptors (Lipinski definition) is 6. The number of aliphatic hydroxyl groups excluding tert-OH is 2. The minimum absolute atomic E-state index is 0.216. The molecule has 22 heavy (non-hydrogen) atoms. The van der Waals surface area contributed by atoms with Gasteiger partial charge in [0.05, 0.1) is 22.3 Å². The number of nitriles is 1. The Hall–Kier alpha value is -1.39. The molecule has 0 aliphatic carbocycles. The van der Waals surface area contributed by atoms with Crippen molar-refractivity contribution in [3.63, 3.8) is 0 Å². The lowest BCUT2D eigenvalue weighted by Gasteiger charge is -2.35. The highest BCUT2D eigenvalue weighted by Crippen LogP contribution is 2.34. The summed E-state index contributed by atoms with van der Waals surface area (Å²) in [6.45, 7) is 0. The van der Waals surface area contributed by atoms with Gasteiger partial charge in [0.1, 0.15) is 18.0 Å². The number of hydrogen-bond donors (Lipinski definition) is 3. The Kier molecular flexibility index (Phi) is 4.50. The van der Waals surface area contributed by atoms with Gasteiger partial charge in [-0.05, 0) is 29.7 Å². The predicted octanol–water partition coefficient (Wildman–Crippen LogP) is 2.18. The number of aliphatic hydroxyl groups is 2. The predicted molar refractivity (Wildman–Crippen MR) is 90.3 cm³/mol. The summed E-state index contributed by atoms with van der Waals surface area (Å²) in [6.07, 6.45) is -2.39. The summed E-state index contributed by atoms with van der Waals surface area (Å²) < 4.78 is 5.73. The maximum atomic E-state index is 10.1. The van der Waals surface area contributed by atoms with Gasteiger partial charge in [0, 0.05) is 11.1 Å². The highest BCUT2D eigenvalue weighted by molar-refractivity contribution is 8.10. The molecule has 2 N–H and O–H groups in total. The number of thiol groups is 1. The molecule has 0 spiro atoms. The van der Waals surface area contributed by atoms with Gasteiger partial charge in [-0.3, -0.25) is 0 Å². The van der Waals surface area contributed by atoms with Crippen molar-refractivity contribution in [1.29, 1.82) is 5.26 Å². The van der Waals surface area contributed by atoms with Gasteiger partial charge >= 0.3 is 0 Å². The number of benzene rings is 2. The van der Waals surface area contributed by atoms with E-state index < -0.39 is 18.3 Å². The lowest BCUT2D eigenvalue weighted by molar-refractivity contribution is -0.0367. The zero-order chi connectivity index (χ0) is 15.7. The van der Waals surface area contributed by atoms with Crippen molar-refractivity contribution in [3.05, 3.63) is 42.0 Å². The van der Waals surface area contributed by atoms with Crippen molar-refractivity contribution in [1.82, 2.24) is 0 Å². The molecule has 0 saturated carbocycles. The van der Waals surface area contributed by atoms with Gasteiger partial charge in [0.15, 0.2) is 0 Å². The molecule has 0 radical (unpaired) electrons. The van der Waals surface area contributed by atoms with Crippen LogP contribution in [0, 0.1) is 11.3 Å². The second-order valence-electron chi connectivity index (χ2n) is 5.17. The van der Waals surface area contributed by atoms with E-state index >= 15 is 0 Å². The summed E-state index contributed by atoms with van der Waals surface area (Å²) in [6, 6.07) is 13.0. The van der Waals surface area contributed by atoms with Gasteiger partial charge in [-0.1, -0.05) is 12.1 Å². The Morgan fingerprint density at radius 2 is 2.09 bits per heavy atom. The standard InChI is InChI=1S/C16H15NO3S2/c17-7-9-4-5-11-10(6-9)2-1-3-13(11)20-15-14(19)12(18)8-22-16(15)21/h1-6,12,14-16,18-19,21H,8H2/t12-,14+,15-,16-/m1/s1. The summed E-state index contributed by atoms with van der Waals surface area (Å²) in [4.78, 5) is 0. The van der Waals surface area contributed by atoms with Crippen molar-refractivity contribution < 1.29 is 14.9 Å². The third kappa shape index (κ3) is 2.90. The summed E-state index contributed by atoms with van der Waals surface area (Å²) in [5.41, 5.74) is 0.584. The maximum absolute atomic E-state index is 10.1. The molecule has 4 atom stereocenters. The van der Waals surface area contributed by atoms with E-state index in [1.165, 1.54) is 11.8 Å². The summed E-state index contributed by atoms with van der Waals surface area (Å²) in [7, 11) is 0. The number of rotatable bonds is 2. The molecular weight excluding hydrogens is 318 g/mol. The van der Waals surface area contributed by atoms with Crippen LogP contribution in [0.5, 0.6) is 5.75 Å². The average molecular weight is 333 g/mol. The monoisotopic (exact) mass is 333 g/mol. The Bertz CT molecular complexity index is 731. The molecule has 1 saturated heterocycles. The minimum Gasteiger partial charge on any atom is -0.485 e. The summed E-state index contributed by atoms with van der Waals surface area (Å²) in [5.74, 6) is 1.05. The third-order valence-corrected chi connectivity index (χ3v) is 5.57. The van der Waals surface area contributed by atoms with E-state index in [1.54, 1.807) is 12.1 Å². The fourth-order valence-electron chi connectivity index (χ4n) is 2.48. The number of fused-ring (bicyclic) bond motifs is 1. The van der Waals surface area contributed by atoms with Gasteiger partial charge in [-0.15, -0.1) is 11.8 Å². The molecule has 1 aliphatic rings. The SMILES string of the molecule is N#Cc1ccc2c(O[C@@H]3[C@@H](O)[C@H](O)CS[C@H]3S)cccc2c1. The minimum atomic E-state index is -0.975. The van der Waals surface area contributed by atoms with Crippen LogP contribution in [0.25, 0.3) is 10.8 Å². The van der Waals surface area contributed by atoms with Crippen LogP contribution in [0.4, 0.5) is 0 Å². The van der Waals surface area contributed by atoms with Crippen LogP contribution in [0.15, 0.2) is 36.4 Å². The molecule has 0 aromatic heterocycles. The first-order valence-electron chi connectivity index (χ1n) is 6.85. The first-order chi connectivity index (χ1) is 10.6. The van der Waals surface area contributed by atoms with Gasteiger partial charge in [0.2, 0.25) is 0 Å². The van der Waals surface area contributed by atoms with Crippen molar-refractivity contribution in [3.8, 4) is 11.8 Å². The maximum Gasteiger partial charge on any atom is 0.148 e. The second-order valence-corrected chi connectivity index (χ2v) is 7.25. The van der Waals surface area contributed by atoms with Crippen LogP contribution in [-0.2, 0) is 0 Å². The van der Waals surface area contributed by atoms with Crippen molar-refractivity contribution in [2.45, 2.75) is 22.9 Å². The molecule has 4 nitrogen and oxygen atoms in total. The molecule has 1 heterocycles. The van der Waals surface area contributed by atoms with Crippen LogP contribution in [-0.4, -0.2) is 38.9 Å². The fourth-order valence-corrected chi connectivity index (χ4v) is 3.97. The highest BCUT2D eigenvalue weighted by Gasteiger charge is 2.38. The molecule has 1 aliphatic heterocycles. The molecule has 114 valence electrons. The van der Waals surface area contributed by atoms with E-state index in [1.807, 2.05) is 24.3 Å². The van der Waals surface area contributed by atoms with Crippen molar-refractivity contribution in [2.75, 3.05) is 5.75 Å². The van der Waals surface area contributed by atoms with E-state index in [9.17, 15) is 10.2 Å². The van der Waals surface area contributed by atoms with E-state index in [2.05, 4.69) is 18.7 Å². The van der Waals surface area contributed by atoms with E-state index in [-0.39, 0.29) is 4.58 Å². The Morgan fingerprint density at radius 1 is 1.27 bits per heavy atom. The van der Waals surface area contributed by atoms with Crippen molar-refractivity contribution >= 4 is 35.2 Å². The smallest absolute Gasteiger partial charge is 0.148 e. The molecule has 3 rings (SSSR count). The van der Waals surface area contributed by atoms with Crippen LogP contribution in [0.1, 0.15) is 5.56 Å². The van der Waals surface area contributed by atoms with E-state index in [4.69, 9.17) is 10.00 Å². The number of nitrogens with zero attached hydrogens (tertiary/aromatic N) is 1. The quantitative estimate of drug-likeness (QED) is 0.735. The lowest BCUT2D eigenvalue weighted by atomic mass is 10.1. The van der Waals surface area contributed by atoms with Gasteiger partial charge in [-0.2, -0.15) is 17.9 Å². The molecule has 2 aromatic rings. The molecule has 1 fully saturated rings. The molecule has 2 aromatic carbocycles. The van der Waals surface area contributed by atoms with Crippen LogP contribution in [0.3, 0.4) is 0 Å². The van der Waals surface area contributed by atoms with Crippen LogP contribution < -0.4 is 4.74 Å². The molecular formula is C16H15NO3S2. The van der Waals surface area contributed by atoms with Gasteiger partial charge in [-0.25, -0.2) is 0 Å². The first kappa shape index (κ1) is 15.5. The summed E-state index contributed by atoms with van der Waals surface area (Å²) >= 11 is 5.89. The zero-order valence-corrected chi connectivity index (χ0v) is 13.3. The Morgan fingerprint density at radius 3 is 2.86 bits per heavy atom. The molecule has 6 heteroatoms. The molecule has 0 unspecified atom stereocenters. The van der Waals surface area contributed by atoms with Crippen LogP contribution >= 0.6 is 24.4 Å². The topological polar surface area (TPSA) is 73.5 Å². The van der Waals surface area contributed by atoms with Crippen LogP contribution in [0.2, 0.25) is 0 Å². The van der Waals surface area contributed by atoms with Gasteiger partial charge in [0.25, 0.3) is 0 Å².